The van der Waals surface area contributed by atoms with Gasteiger partial charge in [0.2, 0.25) is 0 Å². The second kappa shape index (κ2) is 5.08. The first-order valence-electron chi connectivity index (χ1n) is 7.31. The van der Waals surface area contributed by atoms with Gasteiger partial charge in [0.15, 0.2) is 0 Å². The molecule has 0 amide bonds. The molecule has 0 saturated carbocycles. The smallest absolute Gasteiger partial charge is 0.138 e. The van der Waals surface area contributed by atoms with E-state index in [4.69, 9.17) is 11.6 Å². The molecule has 106 valence electrons. The van der Waals surface area contributed by atoms with Crippen LogP contribution in [0.5, 0.6) is 0 Å². The number of aromatic nitrogens is 2. The van der Waals surface area contributed by atoms with Gasteiger partial charge in [-0.15, -0.1) is 0 Å². The number of benzene rings is 2. The highest BCUT2D eigenvalue weighted by molar-refractivity contribution is 6.33. The maximum Gasteiger partial charge on any atom is 0.138 e. The lowest BCUT2D eigenvalue weighted by Crippen LogP contribution is -2.17. The second-order valence-corrected chi connectivity index (χ2v) is 5.87. The Morgan fingerprint density at radius 1 is 1.05 bits per heavy atom. The number of halogens is 1. The fourth-order valence-corrected chi connectivity index (χ4v) is 3.26. The van der Waals surface area contributed by atoms with Crippen molar-refractivity contribution in [1.82, 2.24) is 9.97 Å². The molecule has 1 aliphatic rings. The van der Waals surface area contributed by atoms with Crippen molar-refractivity contribution in [2.75, 3.05) is 18.0 Å². The number of hydrogen-bond acceptors (Lipinski definition) is 2. The van der Waals surface area contributed by atoms with Crippen LogP contribution in [0.25, 0.3) is 22.4 Å². The van der Waals surface area contributed by atoms with Gasteiger partial charge in [0, 0.05) is 18.7 Å². The molecule has 21 heavy (non-hydrogen) atoms. The number of nitrogens with one attached hydrogen (secondary N) is 1. The number of para-hydroxylation sites is 2. The third-order valence-corrected chi connectivity index (χ3v) is 4.36. The van der Waals surface area contributed by atoms with Gasteiger partial charge in [0.05, 0.1) is 21.7 Å². The summed E-state index contributed by atoms with van der Waals surface area (Å²) in [5.41, 5.74) is 4.19. The fourth-order valence-electron chi connectivity index (χ4n) is 2.96. The molecule has 1 saturated heterocycles. The van der Waals surface area contributed by atoms with Gasteiger partial charge in [-0.3, -0.25) is 0 Å². The van der Waals surface area contributed by atoms with Crippen molar-refractivity contribution < 1.29 is 0 Å². The Balaban J connectivity index is 1.73. The number of hydrogen-bond donors (Lipinski definition) is 1. The summed E-state index contributed by atoms with van der Waals surface area (Å²) in [5, 5.41) is 0.801. The number of aromatic amines is 1. The molecule has 1 aromatic heterocycles. The predicted molar refractivity (Wildman–Crippen MR) is 88.0 cm³/mol. The lowest BCUT2D eigenvalue weighted by Gasteiger charge is -2.19. The molecule has 0 radical (unpaired) electrons. The van der Waals surface area contributed by atoms with E-state index >= 15 is 0 Å². The van der Waals surface area contributed by atoms with Gasteiger partial charge >= 0.3 is 0 Å². The predicted octanol–water partition coefficient (Wildman–Crippen LogP) is 4.48. The first-order chi connectivity index (χ1) is 10.3. The van der Waals surface area contributed by atoms with E-state index in [1.165, 1.54) is 12.8 Å². The largest absolute Gasteiger partial charge is 0.370 e. The minimum Gasteiger partial charge on any atom is -0.370 e. The van der Waals surface area contributed by atoms with Crippen LogP contribution in [0.3, 0.4) is 0 Å². The molecule has 0 atom stereocenters. The molecular weight excluding hydrogens is 282 g/mol. The topological polar surface area (TPSA) is 31.9 Å². The van der Waals surface area contributed by atoms with Gasteiger partial charge in [-0.25, -0.2) is 4.98 Å². The number of H-pyrrole nitrogens is 1. The minimum absolute atomic E-state index is 0.801. The Labute approximate surface area is 128 Å². The third-order valence-electron chi connectivity index (χ3n) is 4.06. The maximum absolute atomic E-state index is 6.47. The van der Waals surface area contributed by atoms with Crippen LogP contribution in [0, 0.1) is 0 Å². The molecule has 1 fully saturated rings. The monoisotopic (exact) mass is 297 g/mol. The number of anilines is 1. The average molecular weight is 298 g/mol. The van der Waals surface area contributed by atoms with Crippen LogP contribution in [-0.2, 0) is 0 Å². The van der Waals surface area contributed by atoms with E-state index in [0.717, 1.165) is 46.2 Å². The van der Waals surface area contributed by atoms with E-state index in [1.54, 1.807) is 0 Å². The SMILES string of the molecule is Clc1cc(-c2nc3ccccc3[nH]2)ccc1N1CCCC1. The highest BCUT2D eigenvalue weighted by atomic mass is 35.5. The van der Waals surface area contributed by atoms with Crippen molar-refractivity contribution in [2.24, 2.45) is 0 Å². The lowest BCUT2D eigenvalue weighted by atomic mass is 10.2. The van der Waals surface area contributed by atoms with E-state index in [-0.39, 0.29) is 0 Å². The van der Waals surface area contributed by atoms with Crippen molar-refractivity contribution in [3.05, 3.63) is 47.5 Å². The van der Waals surface area contributed by atoms with Crippen LogP contribution in [0.15, 0.2) is 42.5 Å². The molecule has 3 aromatic rings. The van der Waals surface area contributed by atoms with Gasteiger partial charge in [-0.2, -0.15) is 0 Å². The van der Waals surface area contributed by atoms with Crippen LogP contribution in [0.1, 0.15) is 12.8 Å². The Morgan fingerprint density at radius 3 is 2.62 bits per heavy atom. The summed E-state index contributed by atoms with van der Waals surface area (Å²) >= 11 is 6.47. The molecule has 3 nitrogen and oxygen atoms in total. The molecule has 0 bridgehead atoms. The average Bonchev–Trinajstić information content (AvgIpc) is 3.16. The Hall–Kier alpha value is -2.00. The van der Waals surface area contributed by atoms with E-state index in [1.807, 2.05) is 30.3 Å². The molecule has 4 rings (SSSR count). The summed E-state index contributed by atoms with van der Waals surface area (Å²) in [4.78, 5) is 10.3. The van der Waals surface area contributed by atoms with E-state index in [0.29, 0.717) is 0 Å². The van der Waals surface area contributed by atoms with E-state index in [2.05, 4.69) is 27.0 Å². The highest BCUT2D eigenvalue weighted by Gasteiger charge is 2.16. The Kier molecular flexibility index (Phi) is 3.08. The van der Waals surface area contributed by atoms with Gasteiger partial charge in [-0.1, -0.05) is 23.7 Å². The number of rotatable bonds is 2. The van der Waals surface area contributed by atoms with Gasteiger partial charge < -0.3 is 9.88 Å². The first-order valence-corrected chi connectivity index (χ1v) is 7.69. The number of nitrogens with zero attached hydrogens (tertiary/aromatic N) is 2. The standard InChI is InChI=1S/C17H16ClN3/c18-13-11-12(7-8-16(13)21-9-3-4-10-21)17-19-14-5-1-2-6-15(14)20-17/h1-2,5-8,11H,3-4,9-10H2,(H,19,20). The Bertz CT molecular complexity index is 755. The van der Waals surface area contributed by atoms with Crippen LogP contribution in [-0.4, -0.2) is 23.1 Å². The zero-order chi connectivity index (χ0) is 14.2. The van der Waals surface area contributed by atoms with Crippen molar-refractivity contribution in [2.45, 2.75) is 12.8 Å². The van der Waals surface area contributed by atoms with Crippen LogP contribution < -0.4 is 4.90 Å². The molecule has 1 aliphatic heterocycles. The molecule has 1 N–H and O–H groups in total. The molecule has 2 aromatic carbocycles. The molecule has 0 unspecified atom stereocenters. The third kappa shape index (κ3) is 2.28. The van der Waals surface area contributed by atoms with Crippen molar-refractivity contribution in [1.29, 1.82) is 0 Å². The Morgan fingerprint density at radius 2 is 1.86 bits per heavy atom. The summed E-state index contributed by atoms with van der Waals surface area (Å²) in [6.07, 6.45) is 2.50. The summed E-state index contributed by atoms with van der Waals surface area (Å²) in [6.45, 7) is 2.20. The molecule has 0 spiro atoms. The highest BCUT2D eigenvalue weighted by Crippen LogP contribution is 2.32. The molecule has 0 aliphatic carbocycles. The quantitative estimate of drug-likeness (QED) is 0.756. The van der Waals surface area contributed by atoms with Crippen LogP contribution >= 0.6 is 11.6 Å². The number of imidazole rings is 1. The number of fused-ring (bicyclic) bond motifs is 1. The summed E-state index contributed by atoms with van der Waals surface area (Å²) < 4.78 is 0. The zero-order valence-electron chi connectivity index (χ0n) is 11.6. The van der Waals surface area contributed by atoms with E-state index < -0.39 is 0 Å². The second-order valence-electron chi connectivity index (χ2n) is 5.46. The summed E-state index contributed by atoms with van der Waals surface area (Å²) in [7, 11) is 0. The van der Waals surface area contributed by atoms with Crippen molar-refractivity contribution in [3.8, 4) is 11.4 Å². The van der Waals surface area contributed by atoms with Crippen LogP contribution in [0.2, 0.25) is 5.02 Å². The minimum atomic E-state index is 0.801. The molecular formula is C17H16ClN3. The van der Waals surface area contributed by atoms with Gasteiger partial charge in [-0.05, 0) is 43.2 Å². The lowest BCUT2D eigenvalue weighted by molar-refractivity contribution is 0.949. The summed E-state index contributed by atoms with van der Waals surface area (Å²) in [6, 6.07) is 14.3. The summed E-state index contributed by atoms with van der Waals surface area (Å²) in [5.74, 6) is 0.867. The fraction of sp³-hybridized carbons (Fsp3) is 0.235. The van der Waals surface area contributed by atoms with Crippen molar-refractivity contribution in [3.63, 3.8) is 0 Å². The van der Waals surface area contributed by atoms with Crippen molar-refractivity contribution >= 4 is 28.3 Å². The normalized spacial score (nSPS) is 15.0. The first kappa shape index (κ1) is 12.7. The van der Waals surface area contributed by atoms with Gasteiger partial charge in [0.25, 0.3) is 0 Å². The molecule has 2 heterocycles. The molecule has 4 heteroatoms. The van der Waals surface area contributed by atoms with Gasteiger partial charge in [0.1, 0.15) is 5.82 Å². The zero-order valence-corrected chi connectivity index (χ0v) is 12.4. The van der Waals surface area contributed by atoms with Crippen LogP contribution in [0.4, 0.5) is 5.69 Å². The maximum atomic E-state index is 6.47. The van der Waals surface area contributed by atoms with E-state index in [9.17, 15) is 0 Å².